The van der Waals surface area contributed by atoms with Gasteiger partial charge < -0.3 is 20.1 Å². The molecule has 0 spiro atoms. The highest BCUT2D eigenvalue weighted by atomic mass is 16.5. The average molecular weight is 573 g/mol. The predicted molar refractivity (Wildman–Crippen MR) is 170 cm³/mol. The fourth-order valence-corrected chi connectivity index (χ4v) is 4.62. The molecule has 0 bridgehead atoms. The molecule has 2 N–H and O–H groups in total. The number of carbonyl (C=O) groups is 2. The molecule has 0 fully saturated rings. The molecule has 1 amide bonds. The summed E-state index contributed by atoms with van der Waals surface area (Å²) in [5.74, 6) is 0.945. The lowest BCUT2D eigenvalue weighted by Crippen LogP contribution is -2.20. The van der Waals surface area contributed by atoms with Crippen LogP contribution in [0.25, 0.3) is 17.0 Å². The largest absolute Gasteiger partial charge is 0.493 e. The van der Waals surface area contributed by atoms with Crippen molar-refractivity contribution in [2.24, 2.45) is 0 Å². The standard InChI is InChI=1S/C35H32N4O4/c1-22-6-5-7-25(17-22)9-15-31(40)26-10-12-27(13-11-26)38-34(41)20-43-33-18-28-30(19-32(33)42-4)36-21-37-35(28)39-29-14-8-23(2)16-24(29)3/h5-19,21H,20H2,1-4H3,(H,38,41)(H,36,37,39)/b15-9+. The number of allylic oxidation sites excluding steroid dienone is 1. The van der Waals surface area contributed by atoms with Crippen molar-refractivity contribution in [3.05, 3.63) is 119 Å². The Morgan fingerprint density at radius 2 is 1.65 bits per heavy atom. The van der Waals surface area contributed by atoms with Crippen LogP contribution in [0.15, 0.2) is 91.3 Å². The number of aryl methyl sites for hydroxylation is 3. The second-order valence-electron chi connectivity index (χ2n) is 10.2. The molecule has 1 aromatic heterocycles. The molecule has 8 nitrogen and oxygen atoms in total. The highest BCUT2D eigenvalue weighted by molar-refractivity contribution is 6.07. The molecule has 0 aliphatic heterocycles. The predicted octanol–water partition coefficient (Wildman–Crippen LogP) is 7.22. The highest BCUT2D eigenvalue weighted by Crippen LogP contribution is 2.35. The Morgan fingerprint density at radius 3 is 2.40 bits per heavy atom. The van der Waals surface area contributed by atoms with Crippen LogP contribution in [0, 0.1) is 20.8 Å². The summed E-state index contributed by atoms with van der Waals surface area (Å²) in [4.78, 5) is 34.1. The molecule has 8 heteroatoms. The van der Waals surface area contributed by atoms with E-state index in [1.165, 1.54) is 19.0 Å². The minimum absolute atomic E-state index is 0.124. The van der Waals surface area contributed by atoms with Gasteiger partial charge >= 0.3 is 0 Å². The number of hydrogen-bond donors (Lipinski definition) is 2. The Hall–Kier alpha value is -5.50. The molecular weight excluding hydrogens is 540 g/mol. The van der Waals surface area contributed by atoms with Crippen LogP contribution < -0.4 is 20.1 Å². The molecule has 0 atom stereocenters. The van der Waals surface area contributed by atoms with E-state index in [4.69, 9.17) is 9.47 Å². The molecule has 0 radical (unpaired) electrons. The van der Waals surface area contributed by atoms with Gasteiger partial charge in [-0.05, 0) is 74.4 Å². The minimum atomic E-state index is -0.362. The van der Waals surface area contributed by atoms with Crippen molar-refractivity contribution in [1.29, 1.82) is 0 Å². The first-order valence-electron chi connectivity index (χ1n) is 13.8. The van der Waals surface area contributed by atoms with E-state index in [0.717, 1.165) is 27.8 Å². The van der Waals surface area contributed by atoms with E-state index in [1.54, 1.807) is 48.6 Å². The quantitative estimate of drug-likeness (QED) is 0.135. The maximum atomic E-state index is 12.7. The number of carbonyl (C=O) groups excluding carboxylic acids is 2. The second kappa shape index (κ2) is 13.0. The molecule has 0 aliphatic carbocycles. The number of amides is 1. The normalized spacial score (nSPS) is 11.0. The van der Waals surface area contributed by atoms with Gasteiger partial charge in [0.05, 0.1) is 12.6 Å². The average Bonchev–Trinajstić information content (AvgIpc) is 3.00. The van der Waals surface area contributed by atoms with Crippen molar-refractivity contribution in [2.75, 3.05) is 24.4 Å². The van der Waals surface area contributed by atoms with Gasteiger partial charge in [-0.3, -0.25) is 9.59 Å². The summed E-state index contributed by atoms with van der Waals surface area (Å²) in [5, 5.41) is 6.90. The third-order valence-corrected chi connectivity index (χ3v) is 6.84. The molecule has 43 heavy (non-hydrogen) atoms. The molecule has 0 aliphatic rings. The highest BCUT2D eigenvalue weighted by Gasteiger charge is 2.14. The van der Waals surface area contributed by atoms with Crippen LogP contribution in [0.5, 0.6) is 11.5 Å². The number of fused-ring (bicyclic) bond motifs is 1. The zero-order valence-corrected chi connectivity index (χ0v) is 24.5. The maximum Gasteiger partial charge on any atom is 0.262 e. The summed E-state index contributed by atoms with van der Waals surface area (Å²) >= 11 is 0. The molecule has 4 aromatic carbocycles. The zero-order chi connectivity index (χ0) is 30.3. The Balaban J connectivity index is 1.24. The van der Waals surface area contributed by atoms with E-state index in [2.05, 4.69) is 26.7 Å². The minimum Gasteiger partial charge on any atom is -0.493 e. The number of nitrogens with zero attached hydrogens (tertiary/aromatic N) is 2. The van der Waals surface area contributed by atoms with E-state index in [9.17, 15) is 9.59 Å². The molecule has 5 aromatic rings. The lowest BCUT2D eigenvalue weighted by molar-refractivity contribution is -0.118. The SMILES string of the molecule is COc1cc2ncnc(Nc3ccc(C)cc3C)c2cc1OCC(=O)Nc1ccc(C(=O)/C=C/c2cccc(C)c2)cc1. The number of methoxy groups -OCH3 is 1. The first kappa shape index (κ1) is 29.0. The fraction of sp³-hybridized carbons (Fsp3) is 0.143. The molecule has 216 valence electrons. The molecule has 1 heterocycles. The van der Waals surface area contributed by atoms with Crippen LogP contribution in [0.2, 0.25) is 0 Å². The number of benzene rings is 4. The smallest absolute Gasteiger partial charge is 0.262 e. The Labute approximate surface area is 250 Å². The molecule has 0 saturated carbocycles. The van der Waals surface area contributed by atoms with Crippen molar-refractivity contribution >= 4 is 45.9 Å². The van der Waals surface area contributed by atoms with Crippen LogP contribution in [-0.4, -0.2) is 35.4 Å². The number of ether oxygens (including phenoxy) is 2. The van der Waals surface area contributed by atoms with Crippen molar-refractivity contribution in [3.63, 3.8) is 0 Å². The summed E-state index contributed by atoms with van der Waals surface area (Å²) < 4.78 is 11.4. The van der Waals surface area contributed by atoms with Gasteiger partial charge in [-0.25, -0.2) is 9.97 Å². The lowest BCUT2D eigenvalue weighted by atomic mass is 10.1. The molecule has 0 unspecified atom stereocenters. The van der Waals surface area contributed by atoms with Crippen LogP contribution in [0.4, 0.5) is 17.2 Å². The van der Waals surface area contributed by atoms with Gasteiger partial charge in [-0.15, -0.1) is 0 Å². The number of nitrogens with one attached hydrogen (secondary N) is 2. The first-order valence-corrected chi connectivity index (χ1v) is 13.8. The van der Waals surface area contributed by atoms with Gasteiger partial charge in [0.2, 0.25) is 0 Å². The van der Waals surface area contributed by atoms with E-state index in [-0.39, 0.29) is 18.3 Å². The van der Waals surface area contributed by atoms with E-state index in [0.29, 0.717) is 34.1 Å². The number of aromatic nitrogens is 2. The van der Waals surface area contributed by atoms with Crippen molar-refractivity contribution < 1.29 is 19.1 Å². The van der Waals surface area contributed by atoms with Crippen molar-refractivity contribution in [1.82, 2.24) is 9.97 Å². The van der Waals surface area contributed by atoms with E-state index < -0.39 is 0 Å². The summed E-state index contributed by atoms with van der Waals surface area (Å²) in [5.41, 5.74) is 7.01. The Kier molecular flexibility index (Phi) is 8.77. The van der Waals surface area contributed by atoms with Crippen LogP contribution in [0.1, 0.15) is 32.6 Å². The molecule has 0 saturated heterocycles. The fourth-order valence-electron chi connectivity index (χ4n) is 4.62. The van der Waals surface area contributed by atoms with Crippen LogP contribution in [0.3, 0.4) is 0 Å². The van der Waals surface area contributed by atoms with Crippen LogP contribution in [-0.2, 0) is 4.79 Å². The summed E-state index contributed by atoms with van der Waals surface area (Å²) in [6, 6.07) is 24.3. The van der Waals surface area contributed by atoms with Gasteiger partial charge in [0.15, 0.2) is 23.9 Å². The van der Waals surface area contributed by atoms with Crippen LogP contribution >= 0.6 is 0 Å². The van der Waals surface area contributed by atoms with Gasteiger partial charge in [0.1, 0.15) is 12.1 Å². The lowest BCUT2D eigenvalue weighted by Gasteiger charge is -2.15. The van der Waals surface area contributed by atoms with Gasteiger partial charge in [-0.1, -0.05) is 53.6 Å². The summed E-state index contributed by atoms with van der Waals surface area (Å²) in [7, 11) is 1.53. The van der Waals surface area contributed by atoms with Crippen molar-refractivity contribution in [2.45, 2.75) is 20.8 Å². The van der Waals surface area contributed by atoms with E-state index in [1.807, 2.05) is 57.2 Å². The number of hydrogen-bond acceptors (Lipinski definition) is 7. The maximum absolute atomic E-state index is 12.7. The first-order chi connectivity index (χ1) is 20.8. The molecule has 5 rings (SSSR count). The third kappa shape index (κ3) is 7.23. The summed E-state index contributed by atoms with van der Waals surface area (Å²) in [6.07, 6.45) is 4.82. The van der Waals surface area contributed by atoms with Crippen molar-refractivity contribution in [3.8, 4) is 11.5 Å². The number of rotatable bonds is 10. The Bertz CT molecular complexity index is 1830. The van der Waals surface area contributed by atoms with Gasteiger partial charge in [-0.2, -0.15) is 0 Å². The van der Waals surface area contributed by atoms with Gasteiger partial charge in [0.25, 0.3) is 5.91 Å². The van der Waals surface area contributed by atoms with Gasteiger partial charge in [0, 0.05) is 28.4 Å². The second-order valence-corrected chi connectivity index (χ2v) is 10.2. The summed E-state index contributed by atoms with van der Waals surface area (Å²) in [6.45, 7) is 5.83. The Morgan fingerprint density at radius 1 is 0.860 bits per heavy atom. The number of ketones is 1. The third-order valence-electron chi connectivity index (χ3n) is 6.84. The zero-order valence-electron chi connectivity index (χ0n) is 24.5. The monoisotopic (exact) mass is 572 g/mol. The topological polar surface area (TPSA) is 102 Å². The molecular formula is C35H32N4O4. The van der Waals surface area contributed by atoms with E-state index >= 15 is 0 Å². The number of anilines is 3.